The number of nitrogens with zero attached hydrogens (tertiary/aromatic N) is 3. The molecule has 2 saturated heterocycles. The molecule has 1 aliphatic carbocycles. The van der Waals surface area contributed by atoms with E-state index in [1.807, 2.05) is 0 Å². The van der Waals surface area contributed by atoms with E-state index in [0.717, 1.165) is 9.80 Å². The first-order valence-corrected chi connectivity index (χ1v) is 12.1. The number of aryl methyl sites for hydroxylation is 1. The first kappa shape index (κ1) is 26.9. The second kappa shape index (κ2) is 9.62. The van der Waals surface area contributed by atoms with Crippen LogP contribution < -0.4 is 16.4 Å². The number of fused-ring (bicyclic) bond motifs is 2. The predicted octanol–water partition coefficient (Wildman–Crippen LogP) is -1.07. The summed E-state index contributed by atoms with van der Waals surface area (Å²) < 4.78 is 13.6. The Bertz CT molecular complexity index is 1280. The number of nitrogens with two attached hydrogens (primary N) is 1. The first-order chi connectivity index (χ1) is 17.8. The number of carbonyl (C=O) groups is 6. The Kier molecular flexibility index (Phi) is 6.80. The van der Waals surface area contributed by atoms with Crippen molar-refractivity contribution in [1.82, 2.24) is 20.4 Å². The number of rotatable bonds is 5. The lowest BCUT2D eigenvalue weighted by Crippen LogP contribution is -2.65. The molecule has 2 bridgehead atoms. The number of carbonyl (C=O) groups excluding carboxylic acids is 6. The maximum Gasteiger partial charge on any atom is 0.311 e. The van der Waals surface area contributed by atoms with Crippen LogP contribution in [0.5, 0.6) is 0 Å². The van der Waals surface area contributed by atoms with Gasteiger partial charge in [0.15, 0.2) is 6.04 Å². The van der Waals surface area contributed by atoms with Gasteiger partial charge in [0.2, 0.25) is 5.91 Å². The van der Waals surface area contributed by atoms with Crippen LogP contribution in [0.4, 0.5) is 4.39 Å². The van der Waals surface area contributed by atoms with Crippen LogP contribution in [0.3, 0.4) is 0 Å². The Labute approximate surface area is 217 Å². The zero-order valence-corrected chi connectivity index (χ0v) is 21.3. The van der Waals surface area contributed by atoms with Crippen LogP contribution in [0.2, 0.25) is 0 Å². The minimum absolute atomic E-state index is 0.0451. The van der Waals surface area contributed by atoms with E-state index in [-0.39, 0.29) is 44.6 Å². The molecule has 0 aromatic heterocycles. The number of nitrogens with one attached hydrogen (secondary N) is 2. The number of primary amides is 1. The molecule has 0 radical (unpaired) electrons. The molecule has 0 spiro atoms. The predicted molar refractivity (Wildman–Crippen MR) is 131 cm³/mol. The highest BCUT2D eigenvalue weighted by Crippen LogP contribution is 2.47. The maximum atomic E-state index is 13.6. The molecule has 1 atom stereocenters. The Morgan fingerprint density at radius 3 is 2.39 bits per heavy atom. The fraction of sp³-hybridized carbons (Fsp3) is 0.480. The Hall–Kier alpha value is -4.16. The molecule has 1 saturated carbocycles. The fourth-order valence-electron chi connectivity index (χ4n) is 5.22. The largest absolute Gasteiger partial charge is 0.369 e. The van der Waals surface area contributed by atoms with Gasteiger partial charge in [0.25, 0.3) is 17.6 Å². The van der Waals surface area contributed by atoms with E-state index in [1.165, 1.54) is 32.3 Å². The number of hydrogen-bond acceptors (Lipinski definition) is 7. The van der Waals surface area contributed by atoms with Crippen LogP contribution in [-0.2, 0) is 35.3 Å². The SMILES string of the molecule is Cc1cc(CNC(=O)C2N=C3N(CC4(C(N)=O)CCC3(NC(=O)C(=O)N(C)C)CC4)C(=O)C2=O)ccc1F. The van der Waals surface area contributed by atoms with Crippen molar-refractivity contribution in [3.8, 4) is 0 Å². The average molecular weight is 529 g/mol. The summed E-state index contributed by atoms with van der Waals surface area (Å²) in [6, 6.07) is 2.53. The summed E-state index contributed by atoms with van der Waals surface area (Å²) in [4.78, 5) is 83.3. The lowest BCUT2D eigenvalue weighted by molar-refractivity contribution is -0.147. The minimum atomic E-state index is -1.74. The van der Waals surface area contributed by atoms with Gasteiger partial charge in [-0.1, -0.05) is 12.1 Å². The van der Waals surface area contributed by atoms with Gasteiger partial charge in [-0.15, -0.1) is 0 Å². The Morgan fingerprint density at radius 1 is 1.16 bits per heavy atom. The van der Waals surface area contributed by atoms with Crippen molar-refractivity contribution < 1.29 is 33.2 Å². The molecule has 202 valence electrons. The monoisotopic (exact) mass is 528 g/mol. The Balaban J connectivity index is 1.69. The number of ketones is 1. The van der Waals surface area contributed by atoms with E-state index in [2.05, 4.69) is 15.6 Å². The number of hydrogen-bond donors (Lipinski definition) is 3. The summed E-state index contributed by atoms with van der Waals surface area (Å²) in [5.74, 6) is -5.93. The third kappa shape index (κ3) is 4.52. The third-order valence-electron chi connectivity index (χ3n) is 7.57. The lowest BCUT2D eigenvalue weighted by Gasteiger charge is -2.41. The van der Waals surface area contributed by atoms with Crippen LogP contribution in [0.25, 0.3) is 0 Å². The van der Waals surface area contributed by atoms with E-state index >= 15 is 0 Å². The van der Waals surface area contributed by atoms with E-state index in [4.69, 9.17) is 5.73 Å². The number of halogens is 1. The van der Waals surface area contributed by atoms with Crippen LogP contribution in [0, 0.1) is 18.2 Å². The molecule has 1 aromatic carbocycles. The number of aliphatic imine (C=N–C) groups is 1. The highest BCUT2D eigenvalue weighted by Gasteiger charge is 2.59. The van der Waals surface area contributed by atoms with Crippen LogP contribution in [-0.4, -0.2) is 83.2 Å². The summed E-state index contributed by atoms with van der Waals surface area (Å²) in [5.41, 5.74) is 4.12. The summed E-state index contributed by atoms with van der Waals surface area (Å²) in [7, 11) is 2.81. The van der Waals surface area contributed by atoms with Crippen molar-refractivity contribution in [3.63, 3.8) is 0 Å². The number of Topliss-reactive ketones (excluding diaryl/α,β-unsaturated/α-hetero) is 1. The van der Waals surface area contributed by atoms with Gasteiger partial charge in [0.05, 0.1) is 11.0 Å². The van der Waals surface area contributed by atoms with Crippen LogP contribution in [0.1, 0.15) is 36.8 Å². The van der Waals surface area contributed by atoms with Crippen molar-refractivity contribution in [2.45, 2.75) is 50.7 Å². The van der Waals surface area contributed by atoms with Crippen molar-refractivity contribution in [3.05, 3.63) is 35.1 Å². The molecule has 12 nitrogen and oxygen atoms in total. The molecule has 3 heterocycles. The molecule has 1 unspecified atom stereocenters. The zero-order chi connectivity index (χ0) is 28.0. The van der Waals surface area contributed by atoms with Gasteiger partial charge in [-0.25, -0.2) is 9.38 Å². The van der Waals surface area contributed by atoms with Gasteiger partial charge < -0.3 is 21.3 Å². The summed E-state index contributed by atoms with van der Waals surface area (Å²) in [6.45, 7) is 1.30. The normalized spacial score (nSPS) is 26.2. The van der Waals surface area contributed by atoms with Crippen LogP contribution >= 0.6 is 0 Å². The smallest absolute Gasteiger partial charge is 0.311 e. The van der Waals surface area contributed by atoms with Crippen molar-refractivity contribution >= 4 is 41.2 Å². The van der Waals surface area contributed by atoms with Gasteiger partial charge in [-0.3, -0.25) is 33.7 Å². The number of likely N-dealkylation sites (N-methyl/N-ethyl adjacent to an activating group) is 1. The van der Waals surface area contributed by atoms with Crippen molar-refractivity contribution in [1.29, 1.82) is 0 Å². The van der Waals surface area contributed by atoms with E-state index in [9.17, 15) is 33.2 Å². The van der Waals surface area contributed by atoms with Gasteiger partial charge >= 0.3 is 11.8 Å². The molecule has 4 N–H and O–H groups in total. The quantitative estimate of drug-likeness (QED) is 0.324. The van der Waals surface area contributed by atoms with Crippen molar-refractivity contribution in [2.24, 2.45) is 16.1 Å². The van der Waals surface area contributed by atoms with E-state index in [1.54, 1.807) is 6.92 Å². The average Bonchev–Trinajstić information content (AvgIpc) is 3.10. The second-order valence-electron chi connectivity index (χ2n) is 10.3. The zero-order valence-electron chi connectivity index (χ0n) is 21.3. The molecule has 13 heteroatoms. The van der Waals surface area contributed by atoms with Crippen molar-refractivity contribution in [2.75, 3.05) is 20.6 Å². The number of amidine groups is 1. The topological polar surface area (TPSA) is 171 Å². The van der Waals surface area contributed by atoms with Crippen LogP contribution in [0.15, 0.2) is 23.2 Å². The standard InChI is InChI=1S/C25H29FN6O6/c1-13-10-14(4-5-15(13)26)11-28-18(34)16-17(33)20(36)32-12-24(22(27)38)6-8-25(9-7-24,23(32)29-16)30-19(35)21(37)31(2)3/h4-5,10,16H,6-9,11-12H2,1-3H3,(H2,27,38)(H,28,34)(H,30,35). The third-order valence-corrected chi connectivity index (χ3v) is 7.57. The highest BCUT2D eigenvalue weighted by molar-refractivity contribution is 6.46. The molecule has 5 amide bonds. The van der Waals surface area contributed by atoms with Gasteiger partial charge in [0.1, 0.15) is 11.7 Å². The minimum Gasteiger partial charge on any atom is -0.369 e. The second-order valence-corrected chi connectivity index (χ2v) is 10.3. The molecule has 38 heavy (non-hydrogen) atoms. The summed E-state index contributed by atoms with van der Waals surface area (Å²) in [6.07, 6.45) is 0.581. The molecule has 1 aromatic rings. The number of benzene rings is 1. The molecule has 3 aliphatic heterocycles. The molecule has 5 rings (SSSR count). The first-order valence-electron chi connectivity index (χ1n) is 12.1. The maximum absolute atomic E-state index is 13.6. The molecular weight excluding hydrogens is 499 g/mol. The van der Waals surface area contributed by atoms with E-state index < -0.39 is 58.1 Å². The Morgan fingerprint density at radius 2 is 1.82 bits per heavy atom. The molecule has 4 aliphatic rings. The highest BCUT2D eigenvalue weighted by atomic mass is 19.1. The van der Waals surface area contributed by atoms with Gasteiger partial charge in [-0.05, 0) is 49.8 Å². The summed E-state index contributed by atoms with van der Waals surface area (Å²) in [5, 5.41) is 5.23. The van der Waals surface area contributed by atoms with E-state index in [0.29, 0.717) is 11.1 Å². The molecular formula is C25H29FN6O6. The fourth-order valence-corrected chi connectivity index (χ4v) is 5.22. The lowest BCUT2D eigenvalue weighted by atomic mass is 9.68. The molecule has 3 fully saturated rings. The van der Waals surface area contributed by atoms with Gasteiger partial charge in [-0.2, -0.15) is 0 Å². The summed E-state index contributed by atoms with van der Waals surface area (Å²) >= 11 is 0. The van der Waals surface area contributed by atoms with Gasteiger partial charge in [0, 0.05) is 27.2 Å². The number of amides is 5.